The molecular weight excluding hydrogens is 391 g/mol. The molecule has 144 valence electrons. The Morgan fingerprint density at radius 3 is 2.73 bits per heavy atom. The van der Waals surface area contributed by atoms with Gasteiger partial charge < -0.3 is 15.6 Å². The van der Waals surface area contributed by atoms with Crippen LogP contribution in [-0.4, -0.2) is 33.5 Å². The van der Waals surface area contributed by atoms with Crippen LogP contribution in [0.3, 0.4) is 0 Å². The molecule has 0 bridgehead atoms. The first-order valence-electron chi connectivity index (χ1n) is 8.39. The summed E-state index contributed by atoms with van der Waals surface area (Å²) in [5.41, 5.74) is 9.06. The van der Waals surface area contributed by atoms with Crippen molar-refractivity contribution in [1.82, 2.24) is 9.55 Å². The third-order valence-corrected chi connectivity index (χ3v) is 5.03. The van der Waals surface area contributed by atoms with Crippen molar-refractivity contribution < 1.29 is 4.79 Å². The molecule has 0 spiro atoms. The van der Waals surface area contributed by atoms with E-state index < -0.39 is 6.04 Å². The van der Waals surface area contributed by atoms with E-state index in [0.717, 1.165) is 35.8 Å². The molecule has 2 aromatic rings. The van der Waals surface area contributed by atoms with Gasteiger partial charge in [0, 0.05) is 29.7 Å². The maximum Gasteiger partial charge on any atom is 0.241 e. The Balaban J connectivity index is 0.00000169. The largest absolute Gasteiger partial charge is 0.328 e. The quantitative estimate of drug-likeness (QED) is 0.751. The van der Waals surface area contributed by atoms with E-state index in [0.29, 0.717) is 6.42 Å². The van der Waals surface area contributed by atoms with Crippen LogP contribution in [0.2, 0.25) is 0 Å². The molecule has 1 aromatic carbocycles. The van der Waals surface area contributed by atoms with Gasteiger partial charge in [-0.3, -0.25) is 4.79 Å². The van der Waals surface area contributed by atoms with Gasteiger partial charge in [0.2, 0.25) is 5.91 Å². The standard InChI is InChI=1S/C18H24N4OS.2ClH/c1-24-11-9-16(19)18(23)21-14-7-5-13(6-8-14)17-20-12-15-4-2-3-10-22(15)17;;/h5-8,12,16H,2-4,9-11,19H2,1H3,(H,21,23);2*1H/t16-;;/m0../s1. The number of nitrogens with one attached hydrogen (secondary N) is 1. The molecule has 1 aromatic heterocycles. The zero-order valence-electron chi connectivity index (χ0n) is 14.8. The van der Waals surface area contributed by atoms with Crippen molar-refractivity contribution >= 4 is 48.2 Å². The molecule has 0 saturated carbocycles. The van der Waals surface area contributed by atoms with Gasteiger partial charge in [0.25, 0.3) is 0 Å². The van der Waals surface area contributed by atoms with Gasteiger partial charge in [-0.15, -0.1) is 24.8 Å². The summed E-state index contributed by atoms with van der Waals surface area (Å²) in [5, 5.41) is 2.89. The second kappa shape index (κ2) is 10.8. The van der Waals surface area contributed by atoms with Crippen LogP contribution in [0.15, 0.2) is 30.5 Å². The highest BCUT2D eigenvalue weighted by molar-refractivity contribution is 7.98. The first-order chi connectivity index (χ1) is 11.7. The van der Waals surface area contributed by atoms with Crippen LogP contribution in [0.4, 0.5) is 5.69 Å². The number of thioether (sulfide) groups is 1. The monoisotopic (exact) mass is 416 g/mol. The fourth-order valence-electron chi connectivity index (χ4n) is 2.98. The summed E-state index contributed by atoms with van der Waals surface area (Å²) >= 11 is 1.70. The Labute approximate surface area is 171 Å². The van der Waals surface area contributed by atoms with Gasteiger partial charge in [-0.2, -0.15) is 11.8 Å². The number of hydrogen-bond donors (Lipinski definition) is 2. The van der Waals surface area contributed by atoms with Crippen LogP contribution >= 0.6 is 36.6 Å². The number of nitrogens with zero attached hydrogens (tertiary/aromatic N) is 2. The summed E-state index contributed by atoms with van der Waals surface area (Å²) in [5.74, 6) is 1.77. The maximum atomic E-state index is 12.1. The molecule has 1 amide bonds. The Morgan fingerprint density at radius 2 is 2.04 bits per heavy atom. The predicted octanol–water partition coefficient (Wildman–Crippen LogP) is 3.75. The molecule has 8 heteroatoms. The molecule has 1 aliphatic rings. The van der Waals surface area contributed by atoms with Crippen molar-refractivity contribution in [3.8, 4) is 11.4 Å². The Hall–Kier alpha value is -1.21. The zero-order valence-corrected chi connectivity index (χ0v) is 17.3. The molecular formula is C18H26Cl2N4OS. The minimum Gasteiger partial charge on any atom is -0.328 e. The van der Waals surface area contributed by atoms with Gasteiger partial charge in [0.1, 0.15) is 5.82 Å². The molecule has 26 heavy (non-hydrogen) atoms. The molecule has 0 fully saturated rings. The third kappa shape index (κ3) is 5.39. The number of fused-ring (bicyclic) bond motifs is 1. The van der Waals surface area contributed by atoms with Gasteiger partial charge >= 0.3 is 0 Å². The minimum atomic E-state index is -0.462. The van der Waals surface area contributed by atoms with E-state index in [1.54, 1.807) is 11.8 Å². The SMILES string of the molecule is CSCC[C@H](N)C(=O)Nc1ccc(-c2ncc3n2CCCC3)cc1.Cl.Cl. The molecule has 0 aliphatic carbocycles. The van der Waals surface area contributed by atoms with Crippen LogP contribution in [0.5, 0.6) is 0 Å². The third-order valence-electron chi connectivity index (χ3n) is 4.38. The van der Waals surface area contributed by atoms with Gasteiger partial charge in [0.05, 0.1) is 6.04 Å². The zero-order chi connectivity index (χ0) is 16.9. The van der Waals surface area contributed by atoms with E-state index in [4.69, 9.17) is 5.73 Å². The second-order valence-electron chi connectivity index (χ2n) is 6.14. The summed E-state index contributed by atoms with van der Waals surface area (Å²) in [6.07, 6.45) is 8.23. The van der Waals surface area contributed by atoms with Crippen molar-refractivity contribution in [2.75, 3.05) is 17.3 Å². The summed E-state index contributed by atoms with van der Waals surface area (Å²) in [6, 6.07) is 7.38. The van der Waals surface area contributed by atoms with E-state index >= 15 is 0 Å². The Bertz CT molecular complexity index is 706. The fraction of sp³-hybridized carbons (Fsp3) is 0.444. The van der Waals surface area contributed by atoms with Crippen molar-refractivity contribution in [3.63, 3.8) is 0 Å². The average Bonchev–Trinajstić information content (AvgIpc) is 3.04. The van der Waals surface area contributed by atoms with E-state index in [9.17, 15) is 4.79 Å². The highest BCUT2D eigenvalue weighted by Gasteiger charge is 2.16. The Morgan fingerprint density at radius 1 is 1.31 bits per heavy atom. The maximum absolute atomic E-state index is 12.1. The first kappa shape index (κ1) is 22.8. The van der Waals surface area contributed by atoms with Crippen molar-refractivity contribution in [2.45, 2.75) is 38.3 Å². The number of carbonyl (C=O) groups is 1. The summed E-state index contributed by atoms with van der Waals surface area (Å²) < 4.78 is 2.30. The molecule has 3 rings (SSSR count). The highest BCUT2D eigenvalue weighted by atomic mass is 35.5. The molecule has 0 unspecified atom stereocenters. The van der Waals surface area contributed by atoms with Crippen molar-refractivity contribution in [3.05, 3.63) is 36.2 Å². The number of carbonyl (C=O) groups excluding carboxylic acids is 1. The topological polar surface area (TPSA) is 72.9 Å². The first-order valence-corrected chi connectivity index (χ1v) is 9.78. The van der Waals surface area contributed by atoms with Crippen LogP contribution in [-0.2, 0) is 17.8 Å². The minimum absolute atomic E-state index is 0. The van der Waals surface area contributed by atoms with Gasteiger partial charge in [-0.1, -0.05) is 0 Å². The average molecular weight is 417 g/mol. The number of hydrogen-bond acceptors (Lipinski definition) is 4. The lowest BCUT2D eigenvalue weighted by Gasteiger charge is -2.17. The Kier molecular flexibility index (Phi) is 9.50. The normalized spacial score (nSPS) is 13.8. The summed E-state index contributed by atoms with van der Waals surface area (Å²) in [6.45, 7) is 1.04. The van der Waals surface area contributed by atoms with Crippen LogP contribution in [0.25, 0.3) is 11.4 Å². The number of aryl methyl sites for hydroxylation is 1. The lowest BCUT2D eigenvalue weighted by molar-refractivity contribution is -0.117. The summed E-state index contributed by atoms with van der Waals surface area (Å²) in [7, 11) is 0. The number of halogens is 2. The van der Waals surface area contributed by atoms with Crippen LogP contribution in [0.1, 0.15) is 25.0 Å². The number of amides is 1. The molecule has 2 heterocycles. The van der Waals surface area contributed by atoms with Crippen LogP contribution < -0.4 is 11.1 Å². The number of benzene rings is 1. The van der Waals surface area contributed by atoms with Crippen LogP contribution in [0, 0.1) is 0 Å². The van der Waals surface area contributed by atoms with E-state index in [1.165, 1.54) is 18.5 Å². The van der Waals surface area contributed by atoms with Gasteiger partial charge in [-0.05, 0) is 62.0 Å². The highest BCUT2D eigenvalue weighted by Crippen LogP contribution is 2.25. The predicted molar refractivity (Wildman–Crippen MR) is 115 cm³/mol. The van der Waals surface area contributed by atoms with E-state index in [1.807, 2.05) is 36.7 Å². The number of imidazole rings is 1. The van der Waals surface area contributed by atoms with E-state index in [2.05, 4.69) is 14.9 Å². The lowest BCUT2D eigenvalue weighted by atomic mass is 10.1. The number of anilines is 1. The fourth-order valence-corrected chi connectivity index (χ4v) is 3.47. The van der Waals surface area contributed by atoms with Crippen molar-refractivity contribution in [1.29, 1.82) is 0 Å². The molecule has 1 aliphatic heterocycles. The summed E-state index contributed by atoms with van der Waals surface area (Å²) in [4.78, 5) is 16.6. The number of rotatable bonds is 6. The molecule has 3 N–H and O–H groups in total. The second-order valence-corrected chi connectivity index (χ2v) is 7.12. The lowest BCUT2D eigenvalue weighted by Crippen LogP contribution is -2.36. The number of nitrogens with two attached hydrogens (primary N) is 1. The molecule has 1 atom stereocenters. The molecule has 0 radical (unpaired) electrons. The number of aromatic nitrogens is 2. The van der Waals surface area contributed by atoms with E-state index in [-0.39, 0.29) is 30.7 Å². The van der Waals surface area contributed by atoms with Gasteiger partial charge in [0.15, 0.2) is 0 Å². The smallest absolute Gasteiger partial charge is 0.241 e. The van der Waals surface area contributed by atoms with Crippen molar-refractivity contribution in [2.24, 2.45) is 5.73 Å². The van der Waals surface area contributed by atoms with Gasteiger partial charge in [-0.25, -0.2) is 4.98 Å². The molecule has 0 saturated heterocycles. The molecule has 5 nitrogen and oxygen atoms in total.